The summed E-state index contributed by atoms with van der Waals surface area (Å²) in [5, 5.41) is 0. The lowest BCUT2D eigenvalue weighted by Gasteiger charge is -2.34. The van der Waals surface area contributed by atoms with Crippen molar-refractivity contribution in [2.24, 2.45) is 0 Å². The summed E-state index contributed by atoms with van der Waals surface area (Å²) in [6.07, 6.45) is 4.65. The Balaban J connectivity index is 2.01. The number of carbonyl (C=O) groups excluding carboxylic acids is 1. The number of aromatic nitrogens is 2. The maximum atomic E-state index is 13.3. The van der Waals surface area contributed by atoms with E-state index >= 15 is 0 Å². The lowest BCUT2D eigenvalue weighted by atomic mass is 10.0. The fraction of sp³-hybridized carbons (Fsp3) is 0.750. The molecule has 0 unspecified atom stereocenters. The summed E-state index contributed by atoms with van der Waals surface area (Å²) in [5.41, 5.74) is 5.61. The van der Waals surface area contributed by atoms with Crippen LogP contribution in [0.1, 0.15) is 46.0 Å². The normalized spacial score (nSPS) is 20.1. The molecule has 162 valence electrons. The van der Waals surface area contributed by atoms with Crippen LogP contribution in [0.2, 0.25) is 0 Å². The molecule has 2 fully saturated rings. The van der Waals surface area contributed by atoms with E-state index in [1.807, 2.05) is 18.7 Å². The molecule has 2 aliphatic rings. The van der Waals surface area contributed by atoms with Crippen LogP contribution in [0, 0.1) is 0 Å². The number of hydrogen-bond acceptors (Lipinski definition) is 6. The number of amides is 1. The number of nitrogen functional groups attached to an aromatic ring is 1. The van der Waals surface area contributed by atoms with Gasteiger partial charge in [-0.3, -0.25) is 14.2 Å². The van der Waals surface area contributed by atoms with Crippen molar-refractivity contribution in [1.82, 2.24) is 14.0 Å². The molecule has 2 saturated heterocycles. The molecule has 0 saturated carbocycles. The molecule has 0 aromatic carbocycles. The first-order valence-electron chi connectivity index (χ1n) is 10.7. The summed E-state index contributed by atoms with van der Waals surface area (Å²) in [4.78, 5) is 42.9. The van der Waals surface area contributed by atoms with Crippen molar-refractivity contribution in [3.05, 3.63) is 20.8 Å². The molecular formula is C20H33N5O4. The van der Waals surface area contributed by atoms with Crippen molar-refractivity contribution in [3.8, 4) is 0 Å². The highest BCUT2D eigenvalue weighted by atomic mass is 16.5. The zero-order chi connectivity index (χ0) is 21.0. The van der Waals surface area contributed by atoms with Crippen LogP contribution >= 0.6 is 0 Å². The van der Waals surface area contributed by atoms with Gasteiger partial charge < -0.3 is 20.3 Å². The minimum atomic E-state index is -0.504. The Morgan fingerprint density at radius 2 is 1.86 bits per heavy atom. The molecule has 1 amide bonds. The number of rotatable bonds is 6. The third-order valence-electron chi connectivity index (χ3n) is 5.92. The minimum absolute atomic E-state index is 0.127. The minimum Gasteiger partial charge on any atom is -0.383 e. The van der Waals surface area contributed by atoms with E-state index < -0.39 is 11.2 Å². The van der Waals surface area contributed by atoms with Crippen LogP contribution in [0.25, 0.3) is 0 Å². The van der Waals surface area contributed by atoms with Gasteiger partial charge in [0.1, 0.15) is 18.1 Å². The van der Waals surface area contributed by atoms with Gasteiger partial charge in [-0.2, -0.15) is 0 Å². The van der Waals surface area contributed by atoms with Gasteiger partial charge in [0, 0.05) is 32.2 Å². The van der Waals surface area contributed by atoms with E-state index in [1.54, 1.807) is 4.90 Å². The van der Waals surface area contributed by atoms with Crippen LogP contribution in [-0.2, 0) is 22.6 Å². The van der Waals surface area contributed by atoms with Crippen molar-refractivity contribution >= 4 is 17.4 Å². The second kappa shape index (κ2) is 9.47. The van der Waals surface area contributed by atoms with Crippen LogP contribution in [-0.4, -0.2) is 58.8 Å². The van der Waals surface area contributed by atoms with Crippen molar-refractivity contribution in [1.29, 1.82) is 0 Å². The third kappa shape index (κ3) is 4.49. The van der Waals surface area contributed by atoms with Gasteiger partial charge in [-0.05, 0) is 32.6 Å². The SMILES string of the molecule is CCCCn1c(N)c(N2CCOCC2)c(=O)n(CC(=O)N2CCCC[C@H]2C)c1=O. The Morgan fingerprint density at radius 1 is 1.14 bits per heavy atom. The van der Waals surface area contributed by atoms with Crippen molar-refractivity contribution < 1.29 is 9.53 Å². The molecular weight excluding hydrogens is 374 g/mol. The topological polar surface area (TPSA) is 103 Å². The van der Waals surface area contributed by atoms with Crippen molar-refractivity contribution in [3.63, 3.8) is 0 Å². The monoisotopic (exact) mass is 407 g/mol. The molecule has 29 heavy (non-hydrogen) atoms. The summed E-state index contributed by atoms with van der Waals surface area (Å²) in [5.74, 6) is 0.00142. The highest BCUT2D eigenvalue weighted by Crippen LogP contribution is 2.20. The first kappa shape index (κ1) is 21.4. The highest BCUT2D eigenvalue weighted by molar-refractivity contribution is 5.76. The van der Waals surface area contributed by atoms with Crippen LogP contribution in [0.5, 0.6) is 0 Å². The number of carbonyl (C=O) groups is 1. The van der Waals surface area contributed by atoms with Crippen molar-refractivity contribution in [2.75, 3.05) is 43.5 Å². The van der Waals surface area contributed by atoms with Crippen LogP contribution in [0.4, 0.5) is 11.5 Å². The smallest absolute Gasteiger partial charge is 0.333 e. The number of hydrogen-bond donors (Lipinski definition) is 1. The summed E-state index contributed by atoms with van der Waals surface area (Å²) >= 11 is 0. The fourth-order valence-corrected chi connectivity index (χ4v) is 4.15. The molecule has 1 aromatic rings. The quantitative estimate of drug-likeness (QED) is 0.742. The number of piperidine rings is 1. The first-order valence-corrected chi connectivity index (χ1v) is 10.7. The van der Waals surface area contributed by atoms with E-state index in [4.69, 9.17) is 10.5 Å². The molecule has 0 radical (unpaired) electrons. The van der Waals surface area contributed by atoms with Crippen LogP contribution < -0.4 is 21.9 Å². The van der Waals surface area contributed by atoms with Gasteiger partial charge in [-0.1, -0.05) is 13.3 Å². The third-order valence-corrected chi connectivity index (χ3v) is 5.92. The average molecular weight is 408 g/mol. The fourth-order valence-electron chi connectivity index (χ4n) is 4.15. The second-order valence-corrected chi connectivity index (χ2v) is 7.94. The molecule has 1 aromatic heterocycles. The van der Waals surface area contributed by atoms with Gasteiger partial charge in [0.15, 0.2) is 0 Å². The number of unbranched alkanes of at least 4 members (excludes halogenated alkanes) is 1. The van der Waals surface area contributed by atoms with Gasteiger partial charge in [0.2, 0.25) is 5.91 Å². The highest BCUT2D eigenvalue weighted by Gasteiger charge is 2.27. The van der Waals surface area contributed by atoms with Crippen LogP contribution in [0.15, 0.2) is 9.59 Å². The summed E-state index contributed by atoms with van der Waals surface area (Å²) in [7, 11) is 0. The van der Waals surface area contributed by atoms with Crippen LogP contribution in [0.3, 0.4) is 0 Å². The number of morpholine rings is 1. The predicted octanol–water partition coefficient (Wildman–Crippen LogP) is 0.630. The number of anilines is 2. The van der Waals surface area contributed by atoms with Gasteiger partial charge >= 0.3 is 5.69 Å². The van der Waals surface area contributed by atoms with E-state index in [1.165, 1.54) is 4.57 Å². The molecule has 9 heteroatoms. The molecule has 9 nitrogen and oxygen atoms in total. The van der Waals surface area contributed by atoms with E-state index in [0.29, 0.717) is 45.1 Å². The Bertz CT molecular complexity index is 840. The van der Waals surface area contributed by atoms with E-state index in [-0.39, 0.29) is 24.3 Å². The molecule has 3 rings (SSSR count). The Hall–Kier alpha value is -2.29. The van der Waals surface area contributed by atoms with E-state index in [2.05, 4.69) is 0 Å². The predicted molar refractivity (Wildman–Crippen MR) is 112 cm³/mol. The lowest BCUT2D eigenvalue weighted by Crippen LogP contribution is -2.51. The lowest BCUT2D eigenvalue weighted by molar-refractivity contribution is -0.135. The molecule has 0 bridgehead atoms. The van der Waals surface area contributed by atoms with Gasteiger partial charge in [-0.25, -0.2) is 9.36 Å². The maximum Gasteiger partial charge on any atom is 0.333 e. The average Bonchev–Trinajstić information content (AvgIpc) is 2.72. The molecule has 1 atom stereocenters. The zero-order valence-corrected chi connectivity index (χ0v) is 17.6. The second-order valence-electron chi connectivity index (χ2n) is 7.94. The number of ether oxygens (including phenoxy) is 1. The summed E-state index contributed by atoms with van der Waals surface area (Å²) in [6.45, 7) is 6.95. The number of nitrogens with two attached hydrogens (primary N) is 1. The molecule has 2 N–H and O–H groups in total. The Labute approximate surface area is 171 Å². The standard InChI is InChI=1S/C20H33N5O4/c1-3-4-8-24-18(21)17(22-10-12-29-13-11-22)19(27)25(20(24)28)14-16(26)23-9-6-5-7-15(23)2/h15H,3-14,21H2,1-2H3/t15-/m1/s1. The molecule has 0 aliphatic carbocycles. The summed E-state index contributed by atoms with van der Waals surface area (Å²) < 4.78 is 7.90. The van der Waals surface area contributed by atoms with E-state index in [9.17, 15) is 14.4 Å². The molecule has 2 aliphatic heterocycles. The van der Waals surface area contributed by atoms with Gasteiger partial charge in [-0.15, -0.1) is 0 Å². The summed E-state index contributed by atoms with van der Waals surface area (Å²) in [6, 6.07) is 0.127. The molecule has 3 heterocycles. The molecule has 0 spiro atoms. The maximum absolute atomic E-state index is 13.3. The van der Waals surface area contributed by atoms with E-state index in [0.717, 1.165) is 36.7 Å². The largest absolute Gasteiger partial charge is 0.383 e. The number of likely N-dealkylation sites (tertiary alicyclic amines) is 1. The first-order chi connectivity index (χ1) is 14.0. The Morgan fingerprint density at radius 3 is 2.52 bits per heavy atom. The van der Waals surface area contributed by atoms with Gasteiger partial charge in [0.25, 0.3) is 5.56 Å². The van der Waals surface area contributed by atoms with Crippen molar-refractivity contribution in [2.45, 2.75) is 65.1 Å². The van der Waals surface area contributed by atoms with Gasteiger partial charge in [0.05, 0.1) is 13.2 Å². The number of nitrogens with zero attached hydrogens (tertiary/aromatic N) is 4. The zero-order valence-electron chi connectivity index (χ0n) is 17.6. The Kier molecular flexibility index (Phi) is 7.00.